The second kappa shape index (κ2) is 64.8. The topological polar surface area (TPSA) is 493 Å². The van der Waals surface area contributed by atoms with Crippen molar-refractivity contribution in [1.82, 2.24) is 48.1 Å². The largest absolute Gasteiger partial charge is 0.518 e. The molecule has 0 saturated carbocycles. The molecule has 0 aliphatic carbocycles. The molecule has 3 atom stereocenters. The average molecular weight is 2220 g/mol. The molecule has 0 radical (unpaired) electrons. The summed E-state index contributed by atoms with van der Waals surface area (Å²) in [5.41, 5.74) is 18.9. The van der Waals surface area contributed by atoms with E-state index in [-0.39, 0.29) is 55.5 Å². The number of thioether (sulfide) groups is 4. The van der Waals surface area contributed by atoms with Crippen molar-refractivity contribution < 1.29 is 129 Å². The van der Waals surface area contributed by atoms with E-state index in [0.717, 1.165) is 125 Å². The number of fused-ring (bicyclic) bond motifs is 5. The van der Waals surface area contributed by atoms with Crippen molar-refractivity contribution in [2.75, 3.05) is 244 Å². The second-order valence-electron chi connectivity index (χ2n) is 33.1. The SMILES string of the molecule is Cc1ccc(-c2c3nsnc3c(-c3ccc(-c4c5nsnc5c(C)c5nc(-c6ccc(OCCOCCOCCOCCSCC(=O)O)cc6)c(-c6ccc(OCCOCCOCCOCCSOC(=O)O)cc6)nc45)s3)c3nc(-c4ccc(OCCOCCOCCOCCSCC(=O)O)cc4)c(-c4ccc(OCCOCCOCCOCCSCC(=O)O)cc4)nc23)s1.NCCNC(=O)CCCC[C@@H]1SC[C@@H]2NC(=O)C[C@@H]21. The Kier molecular flexibility index (Phi) is 50.5. The molecule has 14 rings (SSSR count). The Morgan fingerprint density at radius 2 is 0.725 bits per heavy atom. The summed E-state index contributed by atoms with van der Waals surface area (Å²) in [5, 5.41) is 41.6. The number of nitrogens with one attached hydrogen (secondary N) is 2. The minimum Gasteiger partial charge on any atom is -0.491 e. The molecule has 802 valence electrons. The normalized spacial score (nSPS) is 13.8. The predicted octanol–water partition coefficient (Wildman–Crippen LogP) is 15.7. The van der Waals surface area contributed by atoms with Crippen molar-refractivity contribution in [2.45, 2.75) is 57.2 Å². The number of aromatic nitrogens is 8. The van der Waals surface area contributed by atoms with Crippen LogP contribution in [0.4, 0.5) is 4.79 Å². The first kappa shape index (κ1) is 116. The van der Waals surface area contributed by atoms with Crippen molar-refractivity contribution in [3.63, 3.8) is 0 Å². The lowest BCUT2D eigenvalue weighted by Crippen LogP contribution is -2.29. The third kappa shape index (κ3) is 37.8. The number of nitrogens with zero attached hydrogens (tertiary/aromatic N) is 8. The summed E-state index contributed by atoms with van der Waals surface area (Å²) >= 11 is 12.1. The molecule has 2 fully saturated rings. The number of ether oxygens (including phenoxy) is 16. The molecule has 2 saturated heterocycles. The van der Waals surface area contributed by atoms with Gasteiger partial charge < -0.3 is 117 Å². The van der Waals surface area contributed by atoms with E-state index < -0.39 is 24.1 Å². The number of hydrogen-bond donors (Lipinski definition) is 7. The van der Waals surface area contributed by atoms with Crippen LogP contribution in [0.1, 0.15) is 42.5 Å². The molecule has 2 amide bonds. The van der Waals surface area contributed by atoms with Crippen molar-refractivity contribution in [2.24, 2.45) is 11.7 Å². The highest BCUT2D eigenvalue weighted by molar-refractivity contribution is 8.00. The van der Waals surface area contributed by atoms with Gasteiger partial charge in [0.25, 0.3) is 0 Å². The number of carbonyl (C=O) groups excluding carboxylic acids is 2. The second-order valence-corrected chi connectivity index (χ2v) is 42.0. The molecule has 8 N–H and O–H groups in total. The number of amides is 2. The van der Waals surface area contributed by atoms with Gasteiger partial charge in [0.05, 0.1) is 245 Å². The number of hydrogen-bond acceptors (Lipinski definition) is 41. The van der Waals surface area contributed by atoms with Crippen molar-refractivity contribution in [3.05, 3.63) is 132 Å². The quantitative estimate of drug-likeness (QED) is 0.0137. The highest BCUT2D eigenvalue weighted by atomic mass is 32.2. The number of thiophene rings is 2. The summed E-state index contributed by atoms with van der Waals surface area (Å²) in [7, 11) is 0. The third-order valence-corrected chi connectivity index (χ3v) is 30.6. The fourth-order valence-electron chi connectivity index (χ4n) is 15.7. The molecule has 0 unspecified atom stereocenters. The van der Waals surface area contributed by atoms with Gasteiger partial charge in [-0.15, -0.1) is 58.0 Å². The minimum atomic E-state index is -1.35. The first-order valence-corrected chi connectivity index (χ1v) is 57.2. The Bertz CT molecular complexity index is 6160. The summed E-state index contributed by atoms with van der Waals surface area (Å²) < 4.78 is 117. The van der Waals surface area contributed by atoms with E-state index in [4.69, 9.17) is 139 Å². The van der Waals surface area contributed by atoms with Gasteiger partial charge in [-0.25, -0.2) is 24.7 Å². The van der Waals surface area contributed by atoms with E-state index in [1.165, 1.54) is 46.6 Å². The maximum atomic E-state index is 11.4. The zero-order valence-electron chi connectivity index (χ0n) is 82.7. The summed E-state index contributed by atoms with van der Waals surface area (Å²) in [6.07, 6.45) is 3.03. The zero-order valence-corrected chi connectivity index (χ0v) is 90.0. The van der Waals surface area contributed by atoms with Gasteiger partial charge in [0, 0.05) is 130 Å². The van der Waals surface area contributed by atoms with E-state index in [9.17, 15) is 28.8 Å². The van der Waals surface area contributed by atoms with E-state index in [2.05, 4.69) is 46.0 Å². The number of carboxylic acids is 3. The Balaban J connectivity index is 0.000000871. The first-order valence-electron chi connectivity index (χ1n) is 48.7. The number of carbonyl (C=O) groups is 6. The fourth-order valence-corrected chi connectivity index (χ4v) is 22.5. The molecule has 0 bridgehead atoms. The number of unbranched alkanes of at least 4 members (excludes halogenated alkanes) is 1. The maximum Gasteiger partial charge on any atom is 0.518 e. The predicted molar refractivity (Wildman–Crippen MR) is 583 cm³/mol. The van der Waals surface area contributed by atoms with E-state index >= 15 is 0 Å². The molecular formula is C102H123N11O27S9. The molecule has 47 heteroatoms. The lowest BCUT2D eigenvalue weighted by molar-refractivity contribution is -0.134. The van der Waals surface area contributed by atoms with Crippen molar-refractivity contribution in [3.8, 4) is 99.3 Å². The van der Waals surface area contributed by atoms with Crippen LogP contribution < -0.4 is 35.3 Å². The van der Waals surface area contributed by atoms with Gasteiger partial charge in [-0.05, 0) is 148 Å². The molecule has 2 aliphatic heterocycles. The minimum absolute atomic E-state index is 0.0399. The van der Waals surface area contributed by atoms with Crippen molar-refractivity contribution >= 4 is 185 Å². The van der Waals surface area contributed by atoms with Gasteiger partial charge in [0.1, 0.15) is 88.0 Å². The van der Waals surface area contributed by atoms with Crippen LogP contribution in [0.25, 0.3) is 120 Å². The number of carboxylic acid groups (broad SMARTS) is 4. The highest BCUT2D eigenvalue weighted by Gasteiger charge is 2.43. The van der Waals surface area contributed by atoms with Gasteiger partial charge >= 0.3 is 24.1 Å². The zero-order chi connectivity index (χ0) is 104. The van der Waals surface area contributed by atoms with Gasteiger partial charge in [-0.1, -0.05) is 6.42 Å². The van der Waals surface area contributed by atoms with Crippen LogP contribution in [0.15, 0.2) is 121 Å². The molecule has 2 aliphatic rings. The van der Waals surface area contributed by atoms with E-state index in [1.54, 1.807) is 11.3 Å². The summed E-state index contributed by atoms with van der Waals surface area (Å²) in [4.78, 5) is 92.2. The van der Waals surface area contributed by atoms with Gasteiger partial charge in [0.2, 0.25) is 11.8 Å². The van der Waals surface area contributed by atoms with Crippen LogP contribution in [-0.2, 0) is 85.0 Å². The molecule has 6 aromatic heterocycles. The average Bonchev–Trinajstić information content (AvgIpc) is 1.62. The molecular weight excluding hydrogens is 2100 g/mol. The maximum absolute atomic E-state index is 11.4. The molecule has 0 spiro atoms. The molecule has 12 aromatic rings. The Hall–Kier alpha value is -9.91. The van der Waals surface area contributed by atoms with Crippen LogP contribution in [-0.4, -0.2) is 349 Å². The third-order valence-electron chi connectivity index (χ3n) is 22.6. The van der Waals surface area contributed by atoms with Crippen LogP contribution in [0.2, 0.25) is 0 Å². The number of rotatable bonds is 73. The van der Waals surface area contributed by atoms with E-state index in [1.807, 2.05) is 116 Å². The molecule has 38 nitrogen and oxygen atoms in total. The first-order chi connectivity index (χ1) is 72.9. The highest BCUT2D eigenvalue weighted by Crippen LogP contribution is 2.51. The van der Waals surface area contributed by atoms with Crippen molar-refractivity contribution in [1.29, 1.82) is 0 Å². The van der Waals surface area contributed by atoms with Crippen LogP contribution in [0.5, 0.6) is 23.0 Å². The smallest absolute Gasteiger partial charge is 0.491 e. The molecule has 8 heterocycles. The molecule has 149 heavy (non-hydrogen) atoms. The van der Waals surface area contributed by atoms with Gasteiger partial charge in [-0.3, -0.25) is 24.0 Å². The van der Waals surface area contributed by atoms with Crippen LogP contribution in [0.3, 0.4) is 0 Å². The lowest BCUT2D eigenvalue weighted by atomic mass is 9.94. The van der Waals surface area contributed by atoms with E-state index in [0.29, 0.717) is 315 Å². The fraction of sp³-hybridized carbons (Fsp3) is 0.471. The number of nitrogens with two attached hydrogens (primary N) is 1. The summed E-state index contributed by atoms with van der Waals surface area (Å²) in [6.45, 7) is 15.1. The number of aryl methyl sites for hydroxylation is 2. The van der Waals surface area contributed by atoms with Gasteiger partial charge in [-0.2, -0.15) is 29.3 Å². The molecule has 6 aromatic carbocycles. The Morgan fingerprint density at radius 1 is 0.396 bits per heavy atom. The van der Waals surface area contributed by atoms with Crippen LogP contribution in [0, 0.1) is 19.8 Å². The Morgan fingerprint density at radius 3 is 1.08 bits per heavy atom. The lowest BCUT2D eigenvalue weighted by Gasteiger charge is -2.16. The van der Waals surface area contributed by atoms with Gasteiger partial charge in [0.15, 0.2) is 0 Å². The summed E-state index contributed by atoms with van der Waals surface area (Å²) in [6, 6.07) is 39.7. The monoisotopic (exact) mass is 2220 g/mol. The van der Waals surface area contributed by atoms with Crippen LogP contribution >= 0.6 is 105 Å². The Labute approximate surface area is 899 Å². The standard InChI is InChI=1S/C89H100N8O25S8.C13H23N3O2S/c1-58-3-20-68(127-58)74-84-85(93-82(63-10-18-67(19-11-63)121-46-41-112-29-25-108-33-37-116-49-53-125-57-73(102)103)81(92-84)62-8-16-66(17-9-62)120-45-40-111-28-24-107-32-36-115-48-52-124-56-72(100)101)76(88-87(74)96-130-97-88)70-22-21-69(128-70)75-83-77(59(2)78-86(75)95-129-94-78)90-79(60-4-12-64(13-5-60)118-43-39-110-27-23-106-31-35-114-47-51-123-55-71(98)99)80(91-83)61-6-14-65(15-7-61)119-44-42-113-30-26-109-34-38-117-50-54-126-122-89(104)105;14-5-6-15-12(17)4-2-1-3-11-9-7-13(18)16-10(9)8-19-11/h3-22H,23-57H2,1-2H3,(H,98,99)(H,100,101)(H,102,103)(H,104,105);9-11H,1-8,14H2,(H,15,17)(H,16,18)/t;9-,10-,11-/m.0/s1. The summed E-state index contributed by atoms with van der Waals surface area (Å²) in [5.74, 6) is 4.07. The number of aliphatic carboxylic acids is 3. The number of benzene rings is 6.